The lowest BCUT2D eigenvalue weighted by Crippen LogP contribution is -2.22. The number of methoxy groups -OCH3 is 1. The van der Waals surface area contributed by atoms with E-state index in [1.165, 1.54) is 13.2 Å². The number of rotatable bonds is 4. The lowest BCUT2D eigenvalue weighted by atomic mass is 9.88. The molecule has 0 aliphatic carbocycles. The van der Waals surface area contributed by atoms with Crippen molar-refractivity contribution in [2.75, 3.05) is 7.11 Å². The van der Waals surface area contributed by atoms with Crippen molar-refractivity contribution < 1.29 is 9.66 Å². The SMILES string of the molecule is COc1ccc(CC(Br)C(C)(C)C)c([N+](=O)[O-])c1. The van der Waals surface area contributed by atoms with Gasteiger partial charge in [0.25, 0.3) is 5.69 Å². The molecule has 100 valence electrons. The van der Waals surface area contributed by atoms with E-state index in [0.29, 0.717) is 12.2 Å². The minimum absolute atomic E-state index is 0.0494. The molecule has 1 aromatic rings. The zero-order valence-electron chi connectivity index (χ0n) is 11.1. The number of nitrogens with zero attached hydrogens (tertiary/aromatic N) is 1. The Morgan fingerprint density at radius 1 is 1.44 bits per heavy atom. The zero-order valence-corrected chi connectivity index (χ0v) is 12.7. The van der Waals surface area contributed by atoms with Crippen molar-refractivity contribution in [3.63, 3.8) is 0 Å². The highest BCUT2D eigenvalue weighted by molar-refractivity contribution is 9.09. The summed E-state index contributed by atoms with van der Waals surface area (Å²) in [5, 5.41) is 11.1. The third-order valence-electron chi connectivity index (χ3n) is 2.83. The lowest BCUT2D eigenvalue weighted by Gasteiger charge is -2.25. The molecule has 0 saturated carbocycles. The summed E-state index contributed by atoms with van der Waals surface area (Å²) < 4.78 is 5.02. The van der Waals surface area contributed by atoms with Crippen LogP contribution in [0.4, 0.5) is 5.69 Å². The lowest BCUT2D eigenvalue weighted by molar-refractivity contribution is -0.385. The smallest absolute Gasteiger partial charge is 0.276 e. The number of nitro benzene ring substituents is 1. The van der Waals surface area contributed by atoms with Crippen LogP contribution in [-0.4, -0.2) is 16.9 Å². The van der Waals surface area contributed by atoms with Crippen LogP contribution in [0.3, 0.4) is 0 Å². The molecule has 1 aromatic carbocycles. The van der Waals surface area contributed by atoms with Crippen LogP contribution in [0, 0.1) is 15.5 Å². The van der Waals surface area contributed by atoms with Crippen molar-refractivity contribution >= 4 is 21.6 Å². The second-order valence-electron chi connectivity index (χ2n) is 5.29. The molecule has 5 heteroatoms. The second kappa shape index (κ2) is 5.69. The fourth-order valence-corrected chi connectivity index (χ4v) is 1.86. The topological polar surface area (TPSA) is 52.4 Å². The Morgan fingerprint density at radius 2 is 2.06 bits per heavy atom. The minimum Gasteiger partial charge on any atom is -0.497 e. The molecule has 1 atom stereocenters. The molecule has 0 heterocycles. The fraction of sp³-hybridized carbons (Fsp3) is 0.538. The average molecular weight is 316 g/mol. The average Bonchev–Trinajstić information content (AvgIpc) is 2.27. The molecule has 0 amide bonds. The standard InChI is InChI=1S/C13H18BrNO3/c1-13(2,3)12(14)7-9-5-6-10(18-4)8-11(9)15(16)17/h5-6,8,12H,7H2,1-4H3. The van der Waals surface area contributed by atoms with E-state index in [1.807, 2.05) is 0 Å². The molecule has 4 nitrogen and oxygen atoms in total. The van der Waals surface area contributed by atoms with Crippen LogP contribution in [0.15, 0.2) is 18.2 Å². The van der Waals surface area contributed by atoms with Crippen molar-refractivity contribution in [1.82, 2.24) is 0 Å². The van der Waals surface area contributed by atoms with Gasteiger partial charge in [0, 0.05) is 10.4 Å². The van der Waals surface area contributed by atoms with Crippen molar-refractivity contribution in [3.05, 3.63) is 33.9 Å². The summed E-state index contributed by atoms with van der Waals surface area (Å²) >= 11 is 3.60. The van der Waals surface area contributed by atoms with Gasteiger partial charge in [0.1, 0.15) is 5.75 Å². The molecule has 0 radical (unpaired) electrons. The maximum atomic E-state index is 11.1. The first-order valence-electron chi connectivity index (χ1n) is 5.71. The van der Waals surface area contributed by atoms with Crippen LogP contribution in [0.2, 0.25) is 0 Å². The first-order chi connectivity index (χ1) is 8.25. The Bertz CT molecular complexity index is 440. The van der Waals surface area contributed by atoms with Gasteiger partial charge in [-0.15, -0.1) is 0 Å². The molecule has 0 aliphatic heterocycles. The molecule has 0 fully saturated rings. The van der Waals surface area contributed by atoms with Gasteiger partial charge in [0.05, 0.1) is 18.1 Å². The Labute approximate surface area is 116 Å². The highest BCUT2D eigenvalue weighted by atomic mass is 79.9. The van der Waals surface area contributed by atoms with E-state index in [9.17, 15) is 10.1 Å². The van der Waals surface area contributed by atoms with E-state index >= 15 is 0 Å². The van der Waals surface area contributed by atoms with Crippen molar-refractivity contribution in [3.8, 4) is 5.75 Å². The van der Waals surface area contributed by atoms with Gasteiger partial charge in [-0.1, -0.05) is 36.7 Å². The van der Waals surface area contributed by atoms with Crippen LogP contribution in [0.1, 0.15) is 26.3 Å². The van der Waals surface area contributed by atoms with Gasteiger partial charge >= 0.3 is 0 Å². The number of benzene rings is 1. The van der Waals surface area contributed by atoms with Gasteiger partial charge in [0.2, 0.25) is 0 Å². The highest BCUT2D eigenvalue weighted by Crippen LogP contribution is 2.33. The molecule has 18 heavy (non-hydrogen) atoms. The number of nitro groups is 1. The molecule has 0 aliphatic rings. The van der Waals surface area contributed by atoms with E-state index < -0.39 is 0 Å². The van der Waals surface area contributed by atoms with Crippen LogP contribution in [0.25, 0.3) is 0 Å². The predicted octanol–water partition coefficient (Wildman–Crippen LogP) is 3.96. The molecule has 0 saturated heterocycles. The van der Waals surface area contributed by atoms with Gasteiger partial charge in [-0.3, -0.25) is 10.1 Å². The normalized spacial score (nSPS) is 13.2. The Kier molecular flexibility index (Phi) is 4.73. The summed E-state index contributed by atoms with van der Waals surface area (Å²) in [5.74, 6) is 0.507. The first-order valence-corrected chi connectivity index (χ1v) is 6.62. The largest absolute Gasteiger partial charge is 0.497 e. The van der Waals surface area contributed by atoms with Gasteiger partial charge in [-0.05, 0) is 24.0 Å². The summed E-state index contributed by atoms with van der Waals surface area (Å²) in [5.41, 5.74) is 0.883. The fourth-order valence-electron chi connectivity index (χ4n) is 1.51. The molecule has 0 bridgehead atoms. The van der Waals surface area contributed by atoms with Gasteiger partial charge in [-0.2, -0.15) is 0 Å². The zero-order chi connectivity index (χ0) is 13.9. The second-order valence-corrected chi connectivity index (χ2v) is 6.39. The molecular formula is C13H18BrNO3. The van der Waals surface area contributed by atoms with E-state index in [0.717, 1.165) is 5.56 Å². The molecule has 1 rings (SSSR count). The summed E-state index contributed by atoms with van der Waals surface area (Å²) in [7, 11) is 1.50. The number of halogens is 1. The van der Waals surface area contributed by atoms with Crippen molar-refractivity contribution in [2.24, 2.45) is 5.41 Å². The first kappa shape index (κ1) is 15.0. The van der Waals surface area contributed by atoms with Gasteiger partial charge in [-0.25, -0.2) is 0 Å². The van der Waals surface area contributed by atoms with E-state index in [1.54, 1.807) is 12.1 Å². The Morgan fingerprint density at radius 3 is 2.50 bits per heavy atom. The predicted molar refractivity (Wildman–Crippen MR) is 75.5 cm³/mol. The van der Waals surface area contributed by atoms with Gasteiger partial charge < -0.3 is 4.74 Å². The maximum Gasteiger partial charge on any atom is 0.276 e. The Balaban J connectivity index is 3.05. The molecule has 0 N–H and O–H groups in total. The summed E-state index contributed by atoms with van der Waals surface area (Å²) in [6.07, 6.45) is 0.615. The quantitative estimate of drug-likeness (QED) is 0.480. The molecular weight excluding hydrogens is 298 g/mol. The third kappa shape index (κ3) is 3.70. The van der Waals surface area contributed by atoms with Crippen LogP contribution < -0.4 is 4.74 Å². The number of hydrogen-bond donors (Lipinski definition) is 0. The van der Waals surface area contributed by atoms with E-state index in [4.69, 9.17) is 4.74 Å². The van der Waals surface area contributed by atoms with Crippen molar-refractivity contribution in [2.45, 2.75) is 32.0 Å². The van der Waals surface area contributed by atoms with Crippen molar-refractivity contribution in [1.29, 1.82) is 0 Å². The molecule has 1 unspecified atom stereocenters. The summed E-state index contributed by atoms with van der Waals surface area (Å²) in [6, 6.07) is 4.99. The van der Waals surface area contributed by atoms with Gasteiger partial charge in [0.15, 0.2) is 0 Å². The van der Waals surface area contributed by atoms with E-state index in [2.05, 4.69) is 36.7 Å². The molecule has 0 aromatic heterocycles. The molecule has 0 spiro atoms. The van der Waals surface area contributed by atoms with Crippen LogP contribution in [-0.2, 0) is 6.42 Å². The maximum absolute atomic E-state index is 11.1. The number of hydrogen-bond acceptors (Lipinski definition) is 3. The third-order valence-corrected chi connectivity index (χ3v) is 4.53. The summed E-state index contributed by atoms with van der Waals surface area (Å²) in [4.78, 5) is 10.9. The number of alkyl halides is 1. The Hall–Kier alpha value is -1.10. The number of ether oxygens (including phenoxy) is 1. The minimum atomic E-state index is -0.361. The van der Waals surface area contributed by atoms with Crippen LogP contribution >= 0.6 is 15.9 Å². The van der Waals surface area contributed by atoms with Crippen LogP contribution in [0.5, 0.6) is 5.75 Å². The monoisotopic (exact) mass is 315 g/mol. The highest BCUT2D eigenvalue weighted by Gasteiger charge is 2.25. The van der Waals surface area contributed by atoms with E-state index in [-0.39, 0.29) is 20.9 Å². The summed E-state index contributed by atoms with van der Waals surface area (Å²) in [6.45, 7) is 6.30.